The fraction of sp³-hybridized carbons (Fsp3) is 0.538. The van der Waals surface area contributed by atoms with Crippen LogP contribution in [0.2, 0.25) is 0 Å². The average molecular weight is 243 g/mol. The van der Waals surface area contributed by atoms with Crippen LogP contribution in [0.1, 0.15) is 26.3 Å². The molecule has 4 heteroatoms. The number of aliphatic hydroxyl groups is 1. The zero-order chi connectivity index (χ0) is 13.1. The van der Waals surface area contributed by atoms with E-state index in [1.54, 1.807) is 0 Å². The van der Waals surface area contributed by atoms with Gasteiger partial charge in [0.1, 0.15) is 17.6 Å². The summed E-state index contributed by atoms with van der Waals surface area (Å²) in [7, 11) is 0. The quantitative estimate of drug-likeness (QED) is 0.832. The lowest BCUT2D eigenvalue weighted by molar-refractivity contribution is -0.0242. The molecule has 1 aromatic carbocycles. The van der Waals surface area contributed by atoms with Crippen LogP contribution in [0, 0.1) is 5.82 Å². The second-order valence-corrected chi connectivity index (χ2v) is 4.68. The minimum absolute atomic E-state index is 0.0576. The third kappa shape index (κ3) is 3.75. The van der Waals surface area contributed by atoms with Gasteiger partial charge in [0, 0.05) is 12.6 Å². The Bertz CT molecular complexity index is 349. The van der Waals surface area contributed by atoms with Crippen LogP contribution < -0.4 is 5.32 Å². The fourth-order valence-electron chi connectivity index (χ4n) is 1.51. The largest absolute Gasteiger partial charge is 0.382 e. The van der Waals surface area contributed by atoms with Gasteiger partial charge < -0.3 is 10.4 Å². The molecule has 0 aromatic heterocycles. The minimum Gasteiger partial charge on any atom is -0.382 e. The van der Waals surface area contributed by atoms with Gasteiger partial charge in [0.25, 0.3) is 0 Å². The first kappa shape index (κ1) is 14.1. The van der Waals surface area contributed by atoms with Gasteiger partial charge >= 0.3 is 0 Å². The van der Waals surface area contributed by atoms with Gasteiger partial charge in [-0.3, -0.25) is 0 Å². The third-order valence-corrected chi connectivity index (χ3v) is 2.74. The number of halogens is 2. The maximum Gasteiger partial charge on any atom is 0.145 e. The highest BCUT2D eigenvalue weighted by Gasteiger charge is 2.33. The third-order valence-electron chi connectivity index (χ3n) is 2.74. The van der Waals surface area contributed by atoms with Crippen molar-refractivity contribution < 1.29 is 13.9 Å². The van der Waals surface area contributed by atoms with Crippen LogP contribution >= 0.6 is 0 Å². The van der Waals surface area contributed by atoms with E-state index in [9.17, 15) is 13.9 Å². The van der Waals surface area contributed by atoms with E-state index in [4.69, 9.17) is 0 Å². The first-order valence-corrected chi connectivity index (χ1v) is 5.70. The SMILES string of the molecule is CC(C)NC[C@H](F)[C@](C)(O)c1ccc(F)cc1. The molecule has 2 atom stereocenters. The molecule has 17 heavy (non-hydrogen) atoms. The summed E-state index contributed by atoms with van der Waals surface area (Å²) < 4.78 is 26.7. The number of rotatable bonds is 5. The highest BCUT2D eigenvalue weighted by molar-refractivity contribution is 5.23. The maximum atomic E-state index is 13.9. The Hall–Kier alpha value is -1.00. The monoisotopic (exact) mass is 243 g/mol. The number of benzene rings is 1. The Morgan fingerprint density at radius 3 is 2.29 bits per heavy atom. The van der Waals surface area contributed by atoms with Gasteiger partial charge in [0.05, 0.1) is 0 Å². The number of hydrogen-bond acceptors (Lipinski definition) is 2. The van der Waals surface area contributed by atoms with Crippen LogP contribution in [0.25, 0.3) is 0 Å². The predicted octanol–water partition coefficient (Wildman–Crippen LogP) is 2.37. The first-order valence-electron chi connectivity index (χ1n) is 5.70. The molecule has 0 aliphatic carbocycles. The molecule has 0 aliphatic rings. The molecule has 0 spiro atoms. The molecule has 0 saturated heterocycles. The topological polar surface area (TPSA) is 32.3 Å². The molecule has 0 saturated carbocycles. The molecule has 96 valence electrons. The van der Waals surface area contributed by atoms with Gasteiger partial charge in [0.15, 0.2) is 0 Å². The van der Waals surface area contributed by atoms with E-state index in [2.05, 4.69) is 5.32 Å². The van der Waals surface area contributed by atoms with Crippen LogP contribution in [0.5, 0.6) is 0 Å². The van der Waals surface area contributed by atoms with E-state index in [0.29, 0.717) is 5.56 Å². The van der Waals surface area contributed by atoms with Crippen molar-refractivity contribution in [1.82, 2.24) is 5.32 Å². The van der Waals surface area contributed by atoms with Crippen molar-refractivity contribution in [2.24, 2.45) is 0 Å². The molecule has 2 N–H and O–H groups in total. The van der Waals surface area contributed by atoms with E-state index in [1.165, 1.54) is 31.2 Å². The Balaban J connectivity index is 2.75. The van der Waals surface area contributed by atoms with Crippen molar-refractivity contribution >= 4 is 0 Å². The summed E-state index contributed by atoms with van der Waals surface area (Å²) in [5, 5.41) is 13.0. The minimum atomic E-state index is -1.62. The second kappa shape index (κ2) is 5.56. The lowest BCUT2D eigenvalue weighted by Gasteiger charge is -2.28. The smallest absolute Gasteiger partial charge is 0.145 e. The molecular weight excluding hydrogens is 224 g/mol. The Labute approximate surface area is 101 Å². The molecule has 0 unspecified atom stereocenters. The summed E-state index contributed by atoms with van der Waals surface area (Å²) in [6.45, 7) is 5.26. The first-order chi connectivity index (χ1) is 7.84. The van der Waals surface area contributed by atoms with Crippen LogP contribution in [0.4, 0.5) is 8.78 Å². The van der Waals surface area contributed by atoms with Crippen molar-refractivity contribution in [2.75, 3.05) is 6.54 Å². The molecule has 1 aromatic rings. The fourth-order valence-corrected chi connectivity index (χ4v) is 1.51. The second-order valence-electron chi connectivity index (χ2n) is 4.68. The standard InChI is InChI=1S/C13H19F2NO/c1-9(2)16-8-12(15)13(3,17)10-4-6-11(14)7-5-10/h4-7,9,12,16-17H,8H2,1-3H3/t12-,13+/m0/s1. The van der Waals surface area contributed by atoms with Crippen molar-refractivity contribution in [3.05, 3.63) is 35.6 Å². The van der Waals surface area contributed by atoms with Crippen LogP contribution in [-0.2, 0) is 5.60 Å². The molecule has 0 radical (unpaired) electrons. The predicted molar refractivity (Wildman–Crippen MR) is 64.0 cm³/mol. The summed E-state index contributed by atoms with van der Waals surface area (Å²) in [5.74, 6) is -0.403. The van der Waals surface area contributed by atoms with Crippen molar-refractivity contribution in [3.63, 3.8) is 0 Å². The molecule has 1 rings (SSSR count). The highest BCUT2D eigenvalue weighted by atomic mass is 19.1. The number of hydrogen-bond donors (Lipinski definition) is 2. The normalized spacial score (nSPS) is 16.9. The summed E-state index contributed by atoms with van der Waals surface area (Å²) in [6, 6.07) is 5.38. The Kier molecular flexibility index (Phi) is 4.60. The van der Waals surface area contributed by atoms with E-state index in [0.717, 1.165) is 0 Å². The number of nitrogens with one attached hydrogen (secondary N) is 1. The van der Waals surface area contributed by atoms with Crippen LogP contribution in [-0.4, -0.2) is 23.9 Å². The summed E-state index contributed by atoms with van der Waals surface area (Å²) in [4.78, 5) is 0. The van der Waals surface area contributed by atoms with Gasteiger partial charge in [-0.1, -0.05) is 26.0 Å². The summed E-state index contributed by atoms with van der Waals surface area (Å²) in [5.41, 5.74) is -1.24. The molecule has 0 amide bonds. The highest BCUT2D eigenvalue weighted by Crippen LogP contribution is 2.26. The zero-order valence-electron chi connectivity index (χ0n) is 10.4. The molecular formula is C13H19F2NO. The van der Waals surface area contributed by atoms with E-state index in [-0.39, 0.29) is 12.6 Å². The lowest BCUT2D eigenvalue weighted by atomic mass is 9.91. The van der Waals surface area contributed by atoms with Crippen molar-refractivity contribution in [3.8, 4) is 0 Å². The van der Waals surface area contributed by atoms with E-state index in [1.807, 2.05) is 13.8 Å². The Morgan fingerprint density at radius 2 is 1.82 bits per heavy atom. The summed E-state index contributed by atoms with van der Waals surface area (Å²) >= 11 is 0. The maximum absolute atomic E-state index is 13.9. The summed E-state index contributed by atoms with van der Waals surface area (Å²) in [6.07, 6.45) is -1.45. The van der Waals surface area contributed by atoms with Crippen LogP contribution in [0.15, 0.2) is 24.3 Å². The van der Waals surface area contributed by atoms with E-state index < -0.39 is 17.6 Å². The van der Waals surface area contributed by atoms with Crippen LogP contribution in [0.3, 0.4) is 0 Å². The Morgan fingerprint density at radius 1 is 1.29 bits per heavy atom. The van der Waals surface area contributed by atoms with Gasteiger partial charge in [0.2, 0.25) is 0 Å². The van der Waals surface area contributed by atoms with Gasteiger partial charge in [-0.15, -0.1) is 0 Å². The molecule has 0 fully saturated rings. The molecule has 0 aliphatic heterocycles. The number of alkyl halides is 1. The van der Waals surface area contributed by atoms with Crippen molar-refractivity contribution in [2.45, 2.75) is 38.6 Å². The average Bonchev–Trinajstić information content (AvgIpc) is 2.26. The zero-order valence-corrected chi connectivity index (χ0v) is 10.4. The van der Waals surface area contributed by atoms with Gasteiger partial charge in [-0.2, -0.15) is 0 Å². The lowest BCUT2D eigenvalue weighted by Crippen LogP contribution is -2.42. The van der Waals surface area contributed by atoms with Crippen molar-refractivity contribution in [1.29, 1.82) is 0 Å². The van der Waals surface area contributed by atoms with Gasteiger partial charge in [-0.05, 0) is 24.6 Å². The molecule has 2 nitrogen and oxygen atoms in total. The molecule has 0 bridgehead atoms. The molecule has 0 heterocycles. The van der Waals surface area contributed by atoms with E-state index >= 15 is 0 Å². The van der Waals surface area contributed by atoms with Gasteiger partial charge in [-0.25, -0.2) is 8.78 Å².